The van der Waals surface area contributed by atoms with Crippen molar-refractivity contribution in [2.75, 3.05) is 24.7 Å². The lowest BCUT2D eigenvalue weighted by Gasteiger charge is -2.34. The molecule has 2 saturated heterocycles. The first kappa shape index (κ1) is 23.4. The first-order chi connectivity index (χ1) is 17.9. The van der Waals surface area contributed by atoms with Gasteiger partial charge in [0.05, 0.1) is 7.11 Å². The molecular weight excluding hydrogens is 490 g/mol. The number of imidazole rings is 1. The Bertz CT molecular complexity index is 1530. The largest absolute Gasteiger partial charge is 0.496 e. The Morgan fingerprint density at radius 1 is 1.24 bits per heavy atom. The van der Waals surface area contributed by atoms with Crippen LogP contribution in [-0.4, -0.2) is 55.8 Å². The second kappa shape index (κ2) is 9.15. The predicted molar refractivity (Wildman–Crippen MR) is 141 cm³/mol. The van der Waals surface area contributed by atoms with Crippen molar-refractivity contribution < 1.29 is 14.3 Å². The van der Waals surface area contributed by atoms with Gasteiger partial charge < -0.3 is 15.4 Å². The number of nitrogens with zero attached hydrogens (tertiary/aromatic N) is 5. The average molecular weight is 518 g/mol. The number of benzene rings is 1. The zero-order valence-corrected chi connectivity index (χ0v) is 21.4. The van der Waals surface area contributed by atoms with Gasteiger partial charge in [0.15, 0.2) is 5.13 Å². The molecule has 0 bridgehead atoms. The third kappa shape index (κ3) is 4.08. The highest BCUT2D eigenvalue weighted by Crippen LogP contribution is 2.40. The quantitative estimate of drug-likeness (QED) is 0.411. The minimum Gasteiger partial charge on any atom is -0.496 e. The SMILES string of the molecule is COc1cc(C(=O)Nc2ncc(C)s2)ccc1-c1nc(C2CCC3CCC(=O)N3C2)n2ccnc(N)c12. The van der Waals surface area contributed by atoms with Crippen LogP contribution in [0.15, 0.2) is 36.8 Å². The van der Waals surface area contributed by atoms with Crippen LogP contribution in [0.25, 0.3) is 16.8 Å². The third-order valence-corrected chi connectivity index (χ3v) is 8.08. The lowest BCUT2D eigenvalue weighted by molar-refractivity contribution is -0.130. The van der Waals surface area contributed by atoms with Gasteiger partial charge in [-0.2, -0.15) is 0 Å². The molecule has 6 rings (SSSR count). The Morgan fingerprint density at radius 2 is 2.11 bits per heavy atom. The summed E-state index contributed by atoms with van der Waals surface area (Å²) in [5.41, 5.74) is 8.82. The van der Waals surface area contributed by atoms with E-state index in [4.69, 9.17) is 15.5 Å². The summed E-state index contributed by atoms with van der Waals surface area (Å²) >= 11 is 1.41. The smallest absolute Gasteiger partial charge is 0.257 e. The fraction of sp³-hybridized carbons (Fsp3) is 0.346. The van der Waals surface area contributed by atoms with E-state index in [1.54, 1.807) is 31.6 Å². The van der Waals surface area contributed by atoms with Crippen LogP contribution in [0.3, 0.4) is 0 Å². The molecule has 11 heteroatoms. The van der Waals surface area contributed by atoms with Crippen molar-refractivity contribution >= 4 is 39.6 Å². The number of nitrogens with one attached hydrogen (secondary N) is 1. The third-order valence-electron chi connectivity index (χ3n) is 7.25. The molecular formula is C26H27N7O3S. The van der Waals surface area contributed by atoms with E-state index in [1.807, 2.05) is 28.5 Å². The molecule has 37 heavy (non-hydrogen) atoms. The molecule has 3 N–H and O–H groups in total. The van der Waals surface area contributed by atoms with Gasteiger partial charge in [-0.05, 0) is 44.4 Å². The van der Waals surface area contributed by atoms with Crippen molar-refractivity contribution in [2.45, 2.75) is 44.6 Å². The maximum atomic E-state index is 12.9. The van der Waals surface area contributed by atoms with Crippen molar-refractivity contribution in [1.82, 2.24) is 24.3 Å². The number of hydrogen-bond acceptors (Lipinski definition) is 8. The maximum Gasteiger partial charge on any atom is 0.257 e. The van der Waals surface area contributed by atoms with Gasteiger partial charge in [-0.3, -0.25) is 19.3 Å². The fourth-order valence-electron chi connectivity index (χ4n) is 5.45. The van der Waals surface area contributed by atoms with Crippen LogP contribution in [0.5, 0.6) is 5.75 Å². The molecule has 4 aromatic rings. The van der Waals surface area contributed by atoms with Crippen molar-refractivity contribution in [3.63, 3.8) is 0 Å². The van der Waals surface area contributed by atoms with Crippen molar-refractivity contribution in [3.05, 3.63) is 53.1 Å². The molecule has 2 unspecified atom stereocenters. The zero-order chi connectivity index (χ0) is 25.7. The van der Waals surface area contributed by atoms with Crippen LogP contribution in [0, 0.1) is 6.92 Å². The van der Waals surface area contributed by atoms with Gasteiger partial charge in [-0.15, -0.1) is 11.3 Å². The number of ether oxygens (including phenoxy) is 1. The predicted octanol–water partition coefficient (Wildman–Crippen LogP) is 3.87. The Balaban J connectivity index is 1.38. The van der Waals surface area contributed by atoms with Gasteiger partial charge in [0.2, 0.25) is 5.91 Å². The number of piperidine rings is 1. The number of rotatable bonds is 5. The number of carbonyl (C=O) groups excluding carboxylic acids is 2. The maximum absolute atomic E-state index is 12.9. The summed E-state index contributed by atoms with van der Waals surface area (Å²) in [5.74, 6) is 1.73. The number of methoxy groups -OCH3 is 1. The van der Waals surface area contributed by atoms with Gasteiger partial charge in [0.25, 0.3) is 5.91 Å². The first-order valence-electron chi connectivity index (χ1n) is 12.3. The van der Waals surface area contributed by atoms with Gasteiger partial charge in [-0.25, -0.2) is 15.0 Å². The van der Waals surface area contributed by atoms with E-state index in [0.29, 0.717) is 58.0 Å². The minimum atomic E-state index is -0.275. The number of aromatic nitrogens is 4. The molecule has 2 aliphatic heterocycles. The van der Waals surface area contributed by atoms with E-state index < -0.39 is 0 Å². The molecule has 3 aromatic heterocycles. The number of aryl methyl sites for hydroxylation is 1. The first-order valence-corrected chi connectivity index (χ1v) is 13.1. The van der Waals surface area contributed by atoms with Crippen molar-refractivity contribution in [1.29, 1.82) is 0 Å². The van der Waals surface area contributed by atoms with Crippen LogP contribution in [0.4, 0.5) is 10.9 Å². The summed E-state index contributed by atoms with van der Waals surface area (Å²) in [6.07, 6.45) is 8.72. The standard InChI is InChI=1S/C26H27N7O3S/c1-14-12-29-26(37-14)31-25(35)15-4-7-18(19(11-15)36-2)21-22-23(27)28-9-10-32(22)24(30-21)16-3-5-17-6-8-20(34)33(17)13-16/h4,7,9-12,16-17H,3,5-6,8,13H2,1-2H3,(H2,27,28)(H,29,31,35). The summed E-state index contributed by atoms with van der Waals surface area (Å²) in [7, 11) is 1.56. The molecule has 1 aromatic carbocycles. The molecule has 2 atom stereocenters. The number of nitrogen functional groups attached to an aromatic ring is 1. The van der Waals surface area contributed by atoms with E-state index in [2.05, 4.69) is 15.3 Å². The molecule has 2 amide bonds. The number of carbonyl (C=O) groups is 2. The summed E-state index contributed by atoms with van der Waals surface area (Å²) in [5, 5.41) is 3.37. The van der Waals surface area contributed by atoms with E-state index in [-0.39, 0.29) is 17.7 Å². The number of hydrogen-bond donors (Lipinski definition) is 2. The second-order valence-corrected chi connectivity index (χ2v) is 10.7. The topological polar surface area (TPSA) is 128 Å². The van der Waals surface area contributed by atoms with Crippen molar-refractivity contribution in [3.8, 4) is 17.0 Å². The van der Waals surface area contributed by atoms with Crippen LogP contribution in [-0.2, 0) is 4.79 Å². The normalized spacial score (nSPS) is 19.3. The number of thiazole rings is 1. The van der Waals surface area contributed by atoms with E-state index in [0.717, 1.165) is 30.0 Å². The van der Waals surface area contributed by atoms with Gasteiger partial charge in [0.1, 0.15) is 28.6 Å². The zero-order valence-electron chi connectivity index (χ0n) is 20.6. The number of amides is 2. The average Bonchev–Trinajstić information content (AvgIpc) is 3.61. The number of anilines is 2. The molecule has 5 heterocycles. The molecule has 2 aliphatic rings. The summed E-state index contributed by atoms with van der Waals surface area (Å²) < 4.78 is 7.68. The van der Waals surface area contributed by atoms with Crippen LogP contribution >= 0.6 is 11.3 Å². The Morgan fingerprint density at radius 3 is 2.89 bits per heavy atom. The highest BCUT2D eigenvalue weighted by molar-refractivity contribution is 7.15. The van der Waals surface area contributed by atoms with Crippen LogP contribution in [0.1, 0.15) is 52.7 Å². The summed E-state index contributed by atoms with van der Waals surface area (Å²) in [6.45, 7) is 2.58. The molecule has 0 aliphatic carbocycles. The van der Waals surface area contributed by atoms with Gasteiger partial charge in [0, 0.05) is 59.5 Å². The number of nitrogens with two attached hydrogens (primary N) is 1. The monoisotopic (exact) mass is 517 g/mol. The highest BCUT2D eigenvalue weighted by Gasteiger charge is 2.38. The molecule has 0 radical (unpaired) electrons. The molecule has 0 spiro atoms. The highest BCUT2D eigenvalue weighted by atomic mass is 32.1. The summed E-state index contributed by atoms with van der Waals surface area (Å²) in [6, 6.07) is 5.59. The van der Waals surface area contributed by atoms with Crippen molar-refractivity contribution in [2.24, 2.45) is 0 Å². The molecule has 10 nitrogen and oxygen atoms in total. The number of fused-ring (bicyclic) bond motifs is 2. The summed E-state index contributed by atoms with van der Waals surface area (Å²) in [4.78, 5) is 41.9. The molecule has 190 valence electrons. The van der Waals surface area contributed by atoms with Gasteiger partial charge in [-0.1, -0.05) is 0 Å². The lowest BCUT2D eigenvalue weighted by Crippen LogP contribution is -2.41. The van der Waals surface area contributed by atoms with Crippen LogP contribution < -0.4 is 15.8 Å². The Labute approximate surface area is 217 Å². The van der Waals surface area contributed by atoms with E-state index in [9.17, 15) is 9.59 Å². The molecule has 0 saturated carbocycles. The molecule has 2 fully saturated rings. The second-order valence-electron chi connectivity index (χ2n) is 9.51. The van der Waals surface area contributed by atoms with E-state index in [1.165, 1.54) is 11.3 Å². The van der Waals surface area contributed by atoms with Gasteiger partial charge >= 0.3 is 0 Å². The Hall–Kier alpha value is -3.99. The van der Waals surface area contributed by atoms with E-state index >= 15 is 0 Å². The Kier molecular flexibility index (Phi) is 5.79. The minimum absolute atomic E-state index is 0.0825. The lowest BCUT2D eigenvalue weighted by atomic mass is 9.92. The fourth-order valence-corrected chi connectivity index (χ4v) is 6.11. The van der Waals surface area contributed by atoms with Crippen LogP contribution in [0.2, 0.25) is 0 Å².